The van der Waals surface area contributed by atoms with Crippen molar-refractivity contribution in [2.45, 2.75) is 46.2 Å². The van der Waals surface area contributed by atoms with Gasteiger partial charge in [0.1, 0.15) is 10.8 Å². The number of aryl methyl sites for hydroxylation is 1. The minimum absolute atomic E-state index is 0.111. The molecule has 1 aromatic heterocycles. The SMILES string of the molecule is COc1cc(Nc2ncc(Cl)c(Nc3ccc(CN(C4CC4)S(=O)(=O)C(C)=O)cc3)n2)cc(C)c1C. The molecule has 1 fully saturated rings. The number of nitrogens with one attached hydrogen (secondary N) is 2. The molecule has 2 N–H and O–H groups in total. The van der Waals surface area contributed by atoms with Gasteiger partial charge in [0, 0.05) is 37.0 Å². The third-order valence-corrected chi connectivity index (χ3v) is 8.07. The lowest BCUT2D eigenvalue weighted by molar-refractivity contribution is -0.110. The van der Waals surface area contributed by atoms with E-state index < -0.39 is 15.1 Å². The number of rotatable bonds is 9. The molecule has 0 saturated heterocycles. The Labute approximate surface area is 215 Å². The van der Waals surface area contributed by atoms with Crippen LogP contribution in [0.4, 0.5) is 23.1 Å². The van der Waals surface area contributed by atoms with Crippen molar-refractivity contribution in [3.63, 3.8) is 0 Å². The number of aromatic nitrogens is 2. The molecule has 1 aliphatic carbocycles. The standard InChI is InChI=1S/C25H28ClN5O4S/c1-15-11-20(12-23(35-4)16(15)2)29-25-27-13-22(26)24(30-25)28-19-7-5-18(6-8-19)14-31(21-9-10-21)36(33,34)17(3)32/h5-8,11-13,21H,9-10,14H2,1-4H3,(H2,27,28,29,30). The second-order valence-corrected chi connectivity index (χ2v) is 11.1. The largest absolute Gasteiger partial charge is 0.496 e. The maximum absolute atomic E-state index is 12.4. The highest BCUT2D eigenvalue weighted by Gasteiger charge is 2.39. The van der Waals surface area contributed by atoms with Crippen molar-refractivity contribution in [2.75, 3.05) is 17.7 Å². The number of carbonyl (C=O) groups excluding carboxylic acids is 1. The summed E-state index contributed by atoms with van der Waals surface area (Å²) in [6.45, 7) is 5.23. The second kappa shape index (κ2) is 10.4. The Kier molecular flexibility index (Phi) is 7.49. The first-order valence-corrected chi connectivity index (χ1v) is 13.2. The molecule has 0 aliphatic heterocycles. The van der Waals surface area contributed by atoms with E-state index in [1.165, 1.54) is 10.5 Å². The fourth-order valence-corrected chi connectivity index (χ4v) is 5.09. The van der Waals surface area contributed by atoms with Crippen molar-refractivity contribution in [2.24, 2.45) is 0 Å². The highest BCUT2D eigenvalue weighted by molar-refractivity contribution is 8.04. The van der Waals surface area contributed by atoms with Gasteiger partial charge in [0.2, 0.25) is 5.95 Å². The van der Waals surface area contributed by atoms with Crippen molar-refractivity contribution in [3.8, 4) is 5.75 Å². The van der Waals surface area contributed by atoms with Crippen LogP contribution in [0, 0.1) is 13.8 Å². The van der Waals surface area contributed by atoms with E-state index in [0.717, 1.165) is 47.9 Å². The van der Waals surface area contributed by atoms with Gasteiger partial charge in [0.25, 0.3) is 15.1 Å². The van der Waals surface area contributed by atoms with Crippen LogP contribution in [0.1, 0.15) is 36.5 Å². The molecule has 1 aliphatic rings. The number of sulfonamides is 1. The van der Waals surface area contributed by atoms with Gasteiger partial charge in [0.05, 0.1) is 13.3 Å². The minimum Gasteiger partial charge on any atom is -0.496 e. The summed E-state index contributed by atoms with van der Waals surface area (Å²) in [4.78, 5) is 20.4. The molecule has 4 rings (SSSR count). The van der Waals surface area contributed by atoms with Crippen LogP contribution in [0.15, 0.2) is 42.6 Å². The lowest BCUT2D eigenvalue weighted by Gasteiger charge is -2.20. The number of ether oxygens (including phenoxy) is 1. The number of nitrogens with zero attached hydrogens (tertiary/aromatic N) is 3. The zero-order chi connectivity index (χ0) is 26.0. The summed E-state index contributed by atoms with van der Waals surface area (Å²) in [6, 6.07) is 11.0. The molecule has 2 aromatic carbocycles. The Morgan fingerprint density at radius 2 is 1.83 bits per heavy atom. The van der Waals surface area contributed by atoms with Gasteiger partial charge in [-0.3, -0.25) is 4.79 Å². The Morgan fingerprint density at radius 1 is 1.14 bits per heavy atom. The van der Waals surface area contributed by atoms with E-state index in [-0.39, 0.29) is 12.6 Å². The molecular weight excluding hydrogens is 502 g/mol. The second-order valence-electron chi connectivity index (χ2n) is 8.73. The molecule has 9 nitrogen and oxygen atoms in total. The quantitative estimate of drug-likeness (QED) is 0.394. The maximum Gasteiger partial charge on any atom is 0.277 e. The molecular formula is C25H28ClN5O4S. The van der Waals surface area contributed by atoms with Crippen LogP contribution in [-0.4, -0.2) is 41.0 Å². The molecule has 1 heterocycles. The van der Waals surface area contributed by atoms with Gasteiger partial charge >= 0.3 is 0 Å². The van der Waals surface area contributed by atoms with E-state index in [1.54, 1.807) is 19.2 Å². The smallest absolute Gasteiger partial charge is 0.277 e. The summed E-state index contributed by atoms with van der Waals surface area (Å²) in [5.74, 6) is 1.54. The molecule has 0 unspecified atom stereocenters. The molecule has 0 radical (unpaired) electrons. The predicted octanol–water partition coefficient (Wildman–Crippen LogP) is 5.08. The Balaban J connectivity index is 1.48. The third kappa shape index (κ3) is 5.77. The average molecular weight is 530 g/mol. The van der Waals surface area contributed by atoms with Crippen molar-refractivity contribution in [1.82, 2.24) is 14.3 Å². The van der Waals surface area contributed by atoms with E-state index in [1.807, 2.05) is 38.1 Å². The first-order valence-electron chi connectivity index (χ1n) is 11.4. The molecule has 190 valence electrons. The average Bonchev–Trinajstić information content (AvgIpc) is 3.68. The van der Waals surface area contributed by atoms with Crippen LogP contribution in [0.5, 0.6) is 5.75 Å². The van der Waals surface area contributed by atoms with Crippen LogP contribution in [0.25, 0.3) is 0 Å². The molecule has 0 bridgehead atoms. The number of halogens is 1. The van der Waals surface area contributed by atoms with Crippen LogP contribution in [0.2, 0.25) is 5.02 Å². The molecule has 0 spiro atoms. The zero-order valence-corrected chi connectivity index (χ0v) is 22.1. The predicted molar refractivity (Wildman–Crippen MR) is 141 cm³/mol. The van der Waals surface area contributed by atoms with Crippen molar-refractivity contribution < 1.29 is 17.9 Å². The van der Waals surface area contributed by atoms with Crippen LogP contribution in [0.3, 0.4) is 0 Å². The first-order chi connectivity index (χ1) is 17.1. The highest BCUT2D eigenvalue weighted by Crippen LogP contribution is 2.32. The Bertz CT molecular complexity index is 1390. The number of hydrogen-bond donors (Lipinski definition) is 2. The van der Waals surface area contributed by atoms with E-state index in [4.69, 9.17) is 16.3 Å². The molecule has 0 atom stereocenters. The summed E-state index contributed by atoms with van der Waals surface area (Å²) in [6.07, 6.45) is 3.04. The van der Waals surface area contributed by atoms with E-state index in [0.29, 0.717) is 22.5 Å². The van der Waals surface area contributed by atoms with E-state index >= 15 is 0 Å². The fraction of sp³-hybridized carbons (Fsp3) is 0.320. The summed E-state index contributed by atoms with van der Waals surface area (Å²) < 4.78 is 31.6. The van der Waals surface area contributed by atoms with Crippen LogP contribution < -0.4 is 15.4 Å². The first kappa shape index (κ1) is 25.9. The minimum atomic E-state index is -3.95. The maximum atomic E-state index is 12.4. The molecule has 36 heavy (non-hydrogen) atoms. The monoisotopic (exact) mass is 529 g/mol. The lowest BCUT2D eigenvalue weighted by Crippen LogP contribution is -2.36. The zero-order valence-electron chi connectivity index (χ0n) is 20.5. The van der Waals surface area contributed by atoms with Crippen LogP contribution >= 0.6 is 11.6 Å². The molecule has 3 aromatic rings. The third-order valence-electron chi connectivity index (χ3n) is 6.02. The normalized spacial score (nSPS) is 13.5. The summed E-state index contributed by atoms with van der Waals surface area (Å²) in [7, 11) is -2.32. The van der Waals surface area contributed by atoms with Gasteiger partial charge < -0.3 is 15.4 Å². The van der Waals surface area contributed by atoms with Crippen LogP contribution in [-0.2, 0) is 21.4 Å². The van der Waals surface area contributed by atoms with Gasteiger partial charge in [-0.1, -0.05) is 23.7 Å². The number of carbonyl (C=O) groups is 1. The summed E-state index contributed by atoms with van der Waals surface area (Å²) in [5, 5.41) is 5.86. The number of methoxy groups -OCH3 is 1. The molecule has 1 saturated carbocycles. The Morgan fingerprint density at radius 3 is 2.44 bits per heavy atom. The Hall–Kier alpha value is -3.21. The van der Waals surface area contributed by atoms with Gasteiger partial charge in [-0.25, -0.2) is 13.4 Å². The fourth-order valence-electron chi connectivity index (χ4n) is 3.70. The van der Waals surface area contributed by atoms with Crippen molar-refractivity contribution >= 4 is 49.9 Å². The number of benzene rings is 2. The van der Waals surface area contributed by atoms with Gasteiger partial charge in [0.15, 0.2) is 5.82 Å². The number of anilines is 4. The number of hydrogen-bond acceptors (Lipinski definition) is 8. The highest BCUT2D eigenvalue weighted by atomic mass is 35.5. The summed E-state index contributed by atoms with van der Waals surface area (Å²) >= 11 is 6.32. The lowest BCUT2D eigenvalue weighted by atomic mass is 10.1. The summed E-state index contributed by atoms with van der Waals surface area (Å²) in [5.41, 5.74) is 4.40. The van der Waals surface area contributed by atoms with Gasteiger partial charge in [-0.15, -0.1) is 0 Å². The van der Waals surface area contributed by atoms with Crippen molar-refractivity contribution in [3.05, 3.63) is 64.3 Å². The molecule has 0 amide bonds. The van der Waals surface area contributed by atoms with E-state index in [2.05, 4.69) is 20.6 Å². The van der Waals surface area contributed by atoms with Gasteiger partial charge in [-0.05, 0) is 61.6 Å². The van der Waals surface area contributed by atoms with Crippen molar-refractivity contribution in [1.29, 1.82) is 0 Å². The van der Waals surface area contributed by atoms with E-state index in [9.17, 15) is 13.2 Å². The topological polar surface area (TPSA) is 114 Å². The molecule has 11 heteroatoms. The van der Waals surface area contributed by atoms with Gasteiger partial charge in [-0.2, -0.15) is 9.29 Å².